The Morgan fingerprint density at radius 1 is 0.456 bits per heavy atom. The molecule has 2 aromatic heterocycles. The predicted octanol–water partition coefficient (Wildman–Crippen LogP) is 13.3. The molecule has 5 heteroatoms. The summed E-state index contributed by atoms with van der Waals surface area (Å²) in [6.07, 6.45) is 1.83. The van der Waals surface area contributed by atoms with Crippen molar-refractivity contribution in [2.75, 3.05) is 0 Å². The van der Waals surface area contributed by atoms with Gasteiger partial charge in [-0.05, 0) is 86.3 Å². The van der Waals surface area contributed by atoms with Gasteiger partial charge < -0.3 is 4.74 Å². The van der Waals surface area contributed by atoms with Gasteiger partial charge in [0, 0.05) is 35.2 Å². The lowest BCUT2D eigenvalue weighted by Gasteiger charge is -2.11. The van der Waals surface area contributed by atoms with E-state index in [0.717, 1.165) is 84.1 Å². The third kappa shape index (κ3) is 5.53. The first-order valence-corrected chi connectivity index (χ1v) is 19.1. The molecule has 11 rings (SSSR count). The van der Waals surface area contributed by atoms with Crippen molar-refractivity contribution < 1.29 is 4.74 Å². The third-order valence-electron chi connectivity index (χ3n) is 10.8. The molecule has 0 saturated carbocycles. The van der Waals surface area contributed by atoms with Crippen LogP contribution in [0.15, 0.2) is 206 Å². The Bertz CT molecular complexity index is 3180. The fraction of sp³-hybridized carbons (Fsp3) is 0. The molecule has 10 aromatic rings. The van der Waals surface area contributed by atoms with Gasteiger partial charge in [0.05, 0.1) is 33.6 Å². The normalized spacial score (nSPS) is 12.1. The number of aromatic nitrogens is 2. The minimum atomic E-state index is 0.726. The Morgan fingerprint density at radius 3 is 1.89 bits per heavy atom. The molecule has 266 valence electrons. The largest absolute Gasteiger partial charge is 0.503 e. The quantitative estimate of drug-likeness (QED) is 0.153. The summed E-state index contributed by atoms with van der Waals surface area (Å²) in [7, 11) is 0. The minimum absolute atomic E-state index is 0.726. The van der Waals surface area contributed by atoms with E-state index in [1.807, 2.05) is 42.6 Å². The molecular formula is C52H34N4O+2. The van der Waals surface area contributed by atoms with E-state index in [-0.39, 0.29) is 0 Å². The highest BCUT2D eigenvalue weighted by atomic mass is 16.5. The summed E-state index contributed by atoms with van der Waals surface area (Å²) in [5.74, 6) is 2.33. The Hall–Kier alpha value is -7.85. The molecule has 0 atom stereocenters. The summed E-state index contributed by atoms with van der Waals surface area (Å²) in [4.78, 5) is 4.71. The van der Waals surface area contributed by atoms with Crippen molar-refractivity contribution in [1.82, 2.24) is 18.7 Å². The number of nitrogens with zero attached hydrogens (tertiary/aromatic N) is 4. The minimum Gasteiger partial charge on any atom is -0.457 e. The van der Waals surface area contributed by atoms with E-state index in [0.29, 0.717) is 0 Å². The van der Waals surface area contributed by atoms with E-state index >= 15 is 0 Å². The molecule has 0 saturated heterocycles. The second-order valence-electron chi connectivity index (χ2n) is 14.2. The third-order valence-corrected chi connectivity index (χ3v) is 10.8. The molecule has 3 heterocycles. The molecule has 1 aliphatic rings. The van der Waals surface area contributed by atoms with Gasteiger partial charge in [0.2, 0.25) is 11.4 Å². The standard InChI is InChI=1S/C52H34N4O/c1-3-15-36(16-4-1)42-24-14-25-43(37-17-5-2-6-18-37)51(42)55-35-54(48-31-28-38-19-7-8-22-44(38)52(48)55)39-20-13-21-40(33-39)57-41-29-30-46-45-23-9-10-26-47(45)56(49(46)34-41)50-27-11-12-32-53-50/h1-34H/q+2. The Labute approximate surface area is 329 Å². The molecule has 0 amide bonds. The van der Waals surface area contributed by atoms with Crippen LogP contribution < -0.4 is 13.9 Å². The number of fused-ring (bicyclic) bond motifs is 6. The van der Waals surface area contributed by atoms with Crippen LogP contribution in [0, 0.1) is 0 Å². The van der Waals surface area contributed by atoms with Crippen LogP contribution in [0.4, 0.5) is 22.7 Å². The molecule has 0 fully saturated rings. The molecule has 0 aliphatic carbocycles. The molecule has 0 N–H and O–H groups in total. The SMILES string of the molecule is C1=[N+](c2cccc(Oc3ccc4c5ccccc5n(-c5ccccn5)c4c3)c2)c2ccc3ccccc3c2[N+]=1c1c(-c2ccccc2)cccc1-c1ccccc1. The van der Waals surface area contributed by atoms with Gasteiger partial charge in [-0.15, -0.1) is 0 Å². The molecule has 8 aromatic carbocycles. The number of para-hydroxylation sites is 2. The first kappa shape index (κ1) is 32.6. The van der Waals surface area contributed by atoms with Gasteiger partial charge >= 0.3 is 11.7 Å². The highest BCUT2D eigenvalue weighted by Gasteiger charge is 2.41. The van der Waals surface area contributed by atoms with E-state index < -0.39 is 0 Å². The number of ether oxygens (including phenoxy) is 1. The predicted molar refractivity (Wildman–Crippen MR) is 234 cm³/mol. The molecular weight excluding hydrogens is 697 g/mol. The lowest BCUT2D eigenvalue weighted by molar-refractivity contribution is 0.483. The zero-order chi connectivity index (χ0) is 37.7. The van der Waals surface area contributed by atoms with Crippen molar-refractivity contribution in [3.8, 4) is 39.6 Å². The monoisotopic (exact) mass is 730 g/mol. The van der Waals surface area contributed by atoms with E-state index in [2.05, 4.69) is 184 Å². The summed E-state index contributed by atoms with van der Waals surface area (Å²) in [5, 5.41) is 4.63. The van der Waals surface area contributed by atoms with Gasteiger partial charge in [-0.25, -0.2) is 4.98 Å². The van der Waals surface area contributed by atoms with E-state index in [4.69, 9.17) is 9.72 Å². The smallest absolute Gasteiger partial charge is 0.457 e. The Kier molecular flexibility index (Phi) is 7.70. The molecule has 5 nitrogen and oxygen atoms in total. The number of hydrogen-bond donors (Lipinski definition) is 0. The number of rotatable bonds is 7. The van der Waals surface area contributed by atoms with E-state index in [1.54, 1.807) is 0 Å². The fourth-order valence-corrected chi connectivity index (χ4v) is 8.28. The summed E-state index contributed by atoms with van der Waals surface area (Å²) in [6.45, 7) is 0. The van der Waals surface area contributed by atoms with Crippen molar-refractivity contribution in [2.45, 2.75) is 0 Å². The van der Waals surface area contributed by atoms with Crippen LogP contribution >= 0.6 is 0 Å². The number of pyridine rings is 1. The van der Waals surface area contributed by atoms with Crippen molar-refractivity contribution in [1.29, 1.82) is 0 Å². The summed E-state index contributed by atoms with van der Waals surface area (Å²) in [5.41, 5.74) is 10.8. The molecule has 0 bridgehead atoms. The number of benzene rings is 8. The van der Waals surface area contributed by atoms with Crippen molar-refractivity contribution >= 4 is 61.3 Å². The summed E-state index contributed by atoms with van der Waals surface area (Å²) < 4.78 is 13.3. The molecule has 0 unspecified atom stereocenters. The average molecular weight is 731 g/mol. The van der Waals surface area contributed by atoms with Crippen LogP contribution in [0.25, 0.3) is 60.6 Å². The first-order chi connectivity index (χ1) is 28.3. The number of hydrogen-bond acceptors (Lipinski definition) is 2. The lowest BCUT2D eigenvalue weighted by Crippen LogP contribution is -2.05. The molecule has 0 spiro atoms. The highest BCUT2D eigenvalue weighted by Crippen LogP contribution is 2.47. The van der Waals surface area contributed by atoms with Crippen LogP contribution in [0.5, 0.6) is 11.5 Å². The Morgan fingerprint density at radius 2 is 1.12 bits per heavy atom. The highest BCUT2D eigenvalue weighted by molar-refractivity contribution is 6.10. The summed E-state index contributed by atoms with van der Waals surface area (Å²) >= 11 is 0. The maximum atomic E-state index is 6.70. The maximum Gasteiger partial charge on any atom is 0.503 e. The zero-order valence-electron chi connectivity index (χ0n) is 30.8. The van der Waals surface area contributed by atoms with Crippen LogP contribution in [-0.4, -0.2) is 15.6 Å². The van der Waals surface area contributed by atoms with Crippen LogP contribution in [0.3, 0.4) is 0 Å². The van der Waals surface area contributed by atoms with Crippen molar-refractivity contribution in [3.63, 3.8) is 0 Å². The van der Waals surface area contributed by atoms with Crippen molar-refractivity contribution in [3.05, 3.63) is 206 Å². The van der Waals surface area contributed by atoms with Gasteiger partial charge in [-0.2, -0.15) is 0 Å². The van der Waals surface area contributed by atoms with Gasteiger partial charge in [-0.3, -0.25) is 4.57 Å². The van der Waals surface area contributed by atoms with Gasteiger partial charge in [-0.1, -0.05) is 115 Å². The van der Waals surface area contributed by atoms with Crippen LogP contribution in [-0.2, 0) is 0 Å². The Balaban J connectivity index is 1.09. The first-order valence-electron chi connectivity index (χ1n) is 19.1. The van der Waals surface area contributed by atoms with Crippen molar-refractivity contribution in [2.24, 2.45) is 0 Å². The molecule has 1 aliphatic heterocycles. The molecule has 0 radical (unpaired) electrons. The summed E-state index contributed by atoms with van der Waals surface area (Å²) in [6, 6.07) is 73.7. The molecule has 57 heavy (non-hydrogen) atoms. The van der Waals surface area contributed by atoms with E-state index in [9.17, 15) is 0 Å². The van der Waals surface area contributed by atoms with Crippen LogP contribution in [0.2, 0.25) is 0 Å². The lowest BCUT2D eigenvalue weighted by atomic mass is 9.95. The van der Waals surface area contributed by atoms with Gasteiger partial charge in [0.1, 0.15) is 17.3 Å². The van der Waals surface area contributed by atoms with Gasteiger partial charge in [0.25, 0.3) is 5.69 Å². The van der Waals surface area contributed by atoms with Gasteiger partial charge in [0.15, 0.2) is 0 Å². The maximum absolute atomic E-state index is 6.70. The average Bonchev–Trinajstić information content (AvgIpc) is 3.83. The van der Waals surface area contributed by atoms with Crippen LogP contribution in [0.1, 0.15) is 0 Å². The topological polar surface area (TPSA) is 33.1 Å². The second kappa shape index (κ2) is 13.5. The zero-order valence-corrected chi connectivity index (χ0v) is 30.8. The van der Waals surface area contributed by atoms with E-state index in [1.165, 1.54) is 10.8 Å². The second-order valence-corrected chi connectivity index (χ2v) is 14.2. The fourth-order valence-electron chi connectivity index (χ4n) is 8.28.